The molecule has 0 bridgehead atoms. The Bertz CT molecular complexity index is 1750. The van der Waals surface area contributed by atoms with E-state index in [2.05, 4.69) is 88.5 Å². The lowest BCUT2D eigenvalue weighted by atomic mass is 9.77. The zero-order valence-corrected chi connectivity index (χ0v) is 23.7. The molecule has 2 aliphatic rings. The Morgan fingerprint density at radius 3 is 2.41 bits per heavy atom. The Hall–Kier alpha value is -4.06. The Labute approximate surface area is 241 Å². The minimum atomic E-state index is 0.420. The average Bonchev–Trinajstić information content (AvgIpc) is 3.40. The molecule has 1 saturated heterocycles. The zero-order chi connectivity index (χ0) is 27.6. The third-order valence-corrected chi connectivity index (χ3v) is 8.81. The molecular weight excluding hydrogens is 504 g/mol. The number of aryl methyl sites for hydroxylation is 2. The van der Waals surface area contributed by atoms with Gasteiger partial charge in [-0.1, -0.05) is 72.8 Å². The molecule has 1 aliphatic heterocycles. The summed E-state index contributed by atoms with van der Waals surface area (Å²) in [7, 11) is 2.11. The van der Waals surface area contributed by atoms with E-state index in [0.29, 0.717) is 5.92 Å². The van der Waals surface area contributed by atoms with Gasteiger partial charge in [0.2, 0.25) is 0 Å². The van der Waals surface area contributed by atoms with E-state index in [1.807, 2.05) is 30.6 Å². The van der Waals surface area contributed by atoms with Crippen LogP contribution >= 0.6 is 0 Å². The number of fused-ring (bicyclic) bond motifs is 6. The molecule has 41 heavy (non-hydrogen) atoms. The van der Waals surface area contributed by atoms with Crippen LogP contribution in [0.2, 0.25) is 0 Å². The summed E-state index contributed by atoms with van der Waals surface area (Å²) >= 11 is 0. The highest BCUT2D eigenvalue weighted by atomic mass is 16.5. The predicted octanol–water partition coefficient (Wildman–Crippen LogP) is 7.26. The Morgan fingerprint density at radius 1 is 0.780 bits per heavy atom. The quantitative estimate of drug-likeness (QED) is 0.222. The number of ether oxygens (including phenoxy) is 1. The summed E-state index contributed by atoms with van der Waals surface area (Å²) in [6, 6.07) is 28.3. The molecule has 8 rings (SSSR count). The molecule has 0 saturated carbocycles. The van der Waals surface area contributed by atoms with Crippen molar-refractivity contribution < 1.29 is 4.74 Å². The highest BCUT2D eigenvalue weighted by molar-refractivity contribution is 6.08. The third-order valence-electron chi connectivity index (χ3n) is 8.81. The molecule has 2 aromatic heterocycles. The first kappa shape index (κ1) is 25.9. The van der Waals surface area contributed by atoms with Crippen LogP contribution in [0.1, 0.15) is 41.1 Å². The lowest BCUT2D eigenvalue weighted by molar-refractivity contribution is 0.0340. The molecule has 206 valence electrons. The van der Waals surface area contributed by atoms with Gasteiger partial charge >= 0.3 is 0 Å². The Morgan fingerprint density at radius 2 is 1.56 bits per heavy atom. The zero-order valence-electron chi connectivity index (χ0n) is 23.7. The topological polar surface area (TPSA) is 43.2 Å². The van der Waals surface area contributed by atoms with Gasteiger partial charge in [-0.25, -0.2) is 0 Å². The van der Waals surface area contributed by atoms with Gasteiger partial charge in [0, 0.05) is 50.6 Å². The predicted molar refractivity (Wildman–Crippen MR) is 167 cm³/mol. The Balaban J connectivity index is 0.000000232. The van der Waals surface area contributed by atoms with E-state index in [1.165, 1.54) is 67.5 Å². The summed E-state index contributed by atoms with van der Waals surface area (Å²) in [5, 5.41) is 12.6. The molecule has 1 atom stereocenters. The van der Waals surface area contributed by atoms with Crippen molar-refractivity contribution >= 4 is 32.3 Å². The monoisotopic (exact) mass is 540 g/mol. The summed E-state index contributed by atoms with van der Waals surface area (Å²) in [5.74, 6) is 0.420. The molecule has 1 unspecified atom stereocenters. The highest BCUT2D eigenvalue weighted by Gasteiger charge is 2.28. The average molecular weight is 541 g/mol. The lowest BCUT2D eigenvalue weighted by Gasteiger charge is -2.30. The van der Waals surface area contributed by atoms with Gasteiger partial charge in [0.1, 0.15) is 0 Å². The lowest BCUT2D eigenvalue weighted by Crippen LogP contribution is -2.36. The number of pyridine rings is 1. The maximum Gasteiger partial charge on any atom is 0.0594 e. The number of rotatable bonds is 3. The number of morpholine rings is 1. The van der Waals surface area contributed by atoms with Crippen molar-refractivity contribution in [2.24, 2.45) is 7.05 Å². The first-order valence-electron chi connectivity index (χ1n) is 14.8. The van der Waals surface area contributed by atoms with Gasteiger partial charge in [0.15, 0.2) is 0 Å². The fourth-order valence-corrected chi connectivity index (χ4v) is 6.79. The van der Waals surface area contributed by atoms with Gasteiger partial charge in [-0.3, -0.25) is 14.6 Å². The van der Waals surface area contributed by atoms with Crippen LogP contribution in [0, 0.1) is 0 Å². The van der Waals surface area contributed by atoms with Crippen LogP contribution in [-0.4, -0.2) is 46.0 Å². The van der Waals surface area contributed by atoms with Crippen molar-refractivity contribution in [2.45, 2.75) is 31.7 Å². The fourth-order valence-electron chi connectivity index (χ4n) is 6.79. The minimum Gasteiger partial charge on any atom is -0.379 e. The number of aromatic nitrogens is 3. The van der Waals surface area contributed by atoms with E-state index >= 15 is 0 Å². The van der Waals surface area contributed by atoms with Gasteiger partial charge in [-0.2, -0.15) is 5.10 Å². The summed E-state index contributed by atoms with van der Waals surface area (Å²) < 4.78 is 7.67. The maximum absolute atomic E-state index is 5.54. The summed E-state index contributed by atoms with van der Waals surface area (Å²) in [6.07, 6.45) is 9.36. The second-order valence-electron chi connectivity index (χ2n) is 11.2. The van der Waals surface area contributed by atoms with Crippen molar-refractivity contribution in [3.05, 3.63) is 120 Å². The molecule has 1 aliphatic carbocycles. The summed E-state index contributed by atoms with van der Waals surface area (Å²) in [6.45, 7) is 4.65. The summed E-state index contributed by atoms with van der Waals surface area (Å²) in [5.41, 5.74) is 5.81. The van der Waals surface area contributed by atoms with Crippen molar-refractivity contribution in [2.75, 3.05) is 26.3 Å². The second-order valence-corrected chi connectivity index (χ2v) is 11.2. The maximum atomic E-state index is 5.54. The smallest absolute Gasteiger partial charge is 0.0594 e. The molecule has 6 aromatic rings. The van der Waals surface area contributed by atoms with Crippen LogP contribution < -0.4 is 0 Å². The molecule has 4 aromatic carbocycles. The first-order chi connectivity index (χ1) is 20.3. The van der Waals surface area contributed by atoms with Gasteiger partial charge in [-0.15, -0.1) is 0 Å². The van der Waals surface area contributed by atoms with Crippen LogP contribution in [-0.2, 0) is 24.8 Å². The van der Waals surface area contributed by atoms with E-state index in [-0.39, 0.29) is 0 Å². The third kappa shape index (κ3) is 5.12. The molecule has 5 heteroatoms. The molecule has 0 spiro atoms. The van der Waals surface area contributed by atoms with Crippen LogP contribution in [0.25, 0.3) is 32.3 Å². The van der Waals surface area contributed by atoms with Gasteiger partial charge < -0.3 is 4.74 Å². The molecule has 0 radical (unpaired) electrons. The van der Waals surface area contributed by atoms with E-state index in [1.54, 1.807) is 0 Å². The van der Waals surface area contributed by atoms with Crippen molar-refractivity contribution in [3.8, 4) is 0 Å². The van der Waals surface area contributed by atoms with E-state index in [0.717, 1.165) is 39.3 Å². The van der Waals surface area contributed by atoms with Gasteiger partial charge in [0.25, 0.3) is 0 Å². The normalized spacial score (nSPS) is 17.3. The number of benzene rings is 4. The van der Waals surface area contributed by atoms with Crippen LogP contribution in [0.3, 0.4) is 0 Å². The molecule has 5 nitrogen and oxygen atoms in total. The molecule has 0 N–H and O–H groups in total. The first-order valence-corrected chi connectivity index (χ1v) is 14.8. The van der Waals surface area contributed by atoms with Gasteiger partial charge in [0.05, 0.1) is 25.1 Å². The largest absolute Gasteiger partial charge is 0.379 e. The standard InChI is InChI=1S/C27H29N3O.C9H7N/c1-29-27(20(17-28-29)18-30-13-15-31-16-14-30)26-8-4-7-22-24-10-9-19-5-2-3-6-21(19)23(24)11-12-25(22)26;1-2-4-9-7-10-6-5-8(9)3-1/h2-3,5-6,9-12,17,26H,4,7-8,13-16,18H2,1H3;1-7H. The van der Waals surface area contributed by atoms with E-state index < -0.39 is 0 Å². The minimum absolute atomic E-state index is 0.420. The van der Waals surface area contributed by atoms with Crippen molar-refractivity contribution in [1.29, 1.82) is 0 Å². The van der Waals surface area contributed by atoms with Gasteiger partial charge in [-0.05, 0) is 68.8 Å². The number of hydrogen-bond acceptors (Lipinski definition) is 4. The number of hydrogen-bond donors (Lipinski definition) is 0. The molecule has 3 heterocycles. The van der Waals surface area contributed by atoms with E-state index in [4.69, 9.17) is 9.84 Å². The van der Waals surface area contributed by atoms with Crippen LogP contribution in [0.5, 0.6) is 0 Å². The van der Waals surface area contributed by atoms with Crippen molar-refractivity contribution in [1.82, 2.24) is 19.7 Å². The summed E-state index contributed by atoms with van der Waals surface area (Å²) in [4.78, 5) is 6.51. The molecular formula is C36H36N4O. The second kappa shape index (κ2) is 11.4. The van der Waals surface area contributed by atoms with Crippen LogP contribution in [0.15, 0.2) is 97.5 Å². The molecule has 1 fully saturated rings. The molecule has 0 amide bonds. The SMILES string of the molecule is Cn1ncc(CN2CCOCC2)c1C1CCCc2c1ccc1c2ccc2ccccc21.c1ccc2cnccc2c1. The fraction of sp³-hybridized carbons (Fsp3) is 0.278. The number of nitrogens with zero attached hydrogens (tertiary/aromatic N) is 4. The van der Waals surface area contributed by atoms with E-state index in [9.17, 15) is 0 Å². The Kier molecular flexibility index (Phi) is 7.22. The van der Waals surface area contributed by atoms with Crippen LogP contribution in [0.4, 0.5) is 0 Å². The van der Waals surface area contributed by atoms with Crippen molar-refractivity contribution in [3.63, 3.8) is 0 Å². The highest BCUT2D eigenvalue weighted by Crippen LogP contribution is 2.42.